The molecule has 0 spiro atoms. The molecular weight excluding hydrogens is 334 g/mol. The van der Waals surface area contributed by atoms with Crippen molar-refractivity contribution in [3.8, 4) is 0 Å². The fourth-order valence-corrected chi connectivity index (χ4v) is 3.25. The summed E-state index contributed by atoms with van der Waals surface area (Å²) in [5.74, 6) is 0.245. The molecule has 26 heavy (non-hydrogen) atoms. The van der Waals surface area contributed by atoms with Crippen LogP contribution >= 0.6 is 0 Å². The van der Waals surface area contributed by atoms with Crippen molar-refractivity contribution in [1.82, 2.24) is 35.4 Å². The van der Waals surface area contributed by atoms with E-state index in [1.165, 1.54) is 4.90 Å². The lowest BCUT2D eigenvalue weighted by Gasteiger charge is -2.12. The van der Waals surface area contributed by atoms with E-state index in [0.717, 1.165) is 22.9 Å². The molecule has 0 bridgehead atoms. The number of aromatic nitrogens is 5. The van der Waals surface area contributed by atoms with Crippen LogP contribution in [-0.2, 0) is 24.3 Å². The lowest BCUT2D eigenvalue weighted by atomic mass is 10.1. The Bertz CT molecular complexity index is 961. The number of fused-ring (bicyclic) bond motifs is 1. The molecule has 1 aromatic carbocycles. The number of H-pyrrole nitrogens is 1. The molecule has 2 aromatic heterocycles. The van der Waals surface area contributed by atoms with Crippen LogP contribution in [0.5, 0.6) is 0 Å². The number of hydrogen-bond acceptors (Lipinski definition) is 5. The molecule has 1 saturated heterocycles. The number of benzene rings is 1. The highest BCUT2D eigenvalue weighted by Crippen LogP contribution is 2.21. The van der Waals surface area contributed by atoms with Gasteiger partial charge in [-0.25, -0.2) is 9.48 Å². The first-order valence-electron chi connectivity index (χ1n) is 8.59. The molecule has 0 aliphatic carbocycles. The Kier molecular flexibility index (Phi) is 4.11. The average Bonchev–Trinajstić information content (AvgIpc) is 3.32. The normalized spacial score (nSPS) is 17.3. The van der Waals surface area contributed by atoms with E-state index in [4.69, 9.17) is 0 Å². The zero-order chi connectivity index (χ0) is 18.1. The van der Waals surface area contributed by atoms with Crippen molar-refractivity contribution in [3.63, 3.8) is 0 Å². The molecule has 1 aliphatic rings. The van der Waals surface area contributed by atoms with Gasteiger partial charge in [-0.1, -0.05) is 25.1 Å². The molecule has 9 nitrogen and oxygen atoms in total. The van der Waals surface area contributed by atoms with Gasteiger partial charge in [0, 0.05) is 30.1 Å². The molecule has 1 atom stereocenters. The van der Waals surface area contributed by atoms with Crippen molar-refractivity contribution in [3.05, 3.63) is 41.9 Å². The van der Waals surface area contributed by atoms with Gasteiger partial charge in [-0.15, -0.1) is 5.10 Å². The van der Waals surface area contributed by atoms with E-state index < -0.39 is 12.1 Å². The number of aromatic amines is 1. The molecule has 0 radical (unpaired) electrons. The van der Waals surface area contributed by atoms with Crippen LogP contribution in [0.25, 0.3) is 10.9 Å². The highest BCUT2D eigenvalue weighted by molar-refractivity contribution is 6.04. The predicted molar refractivity (Wildman–Crippen MR) is 93.0 cm³/mol. The SMILES string of the molecule is CCCn1nnnc1CN1C(=O)N[C@H](Cc2c[nH]c3ccccc23)C1=O. The van der Waals surface area contributed by atoms with Crippen molar-refractivity contribution in [2.45, 2.75) is 38.9 Å². The number of imide groups is 1. The summed E-state index contributed by atoms with van der Waals surface area (Å²) >= 11 is 0. The minimum atomic E-state index is -0.586. The van der Waals surface area contributed by atoms with Gasteiger partial charge in [-0.3, -0.25) is 9.69 Å². The number of para-hydroxylation sites is 1. The van der Waals surface area contributed by atoms with Gasteiger partial charge in [0.05, 0.1) is 6.54 Å². The van der Waals surface area contributed by atoms with Crippen LogP contribution in [0.3, 0.4) is 0 Å². The third-order valence-electron chi connectivity index (χ3n) is 4.55. The predicted octanol–water partition coefficient (Wildman–Crippen LogP) is 1.23. The highest BCUT2D eigenvalue weighted by atomic mass is 16.2. The Morgan fingerprint density at radius 3 is 2.92 bits per heavy atom. The first-order chi connectivity index (χ1) is 12.7. The van der Waals surface area contributed by atoms with Crippen LogP contribution < -0.4 is 5.32 Å². The molecule has 3 amide bonds. The Hall–Kier alpha value is -3.23. The summed E-state index contributed by atoms with van der Waals surface area (Å²) in [5, 5.41) is 15.3. The van der Waals surface area contributed by atoms with E-state index in [0.29, 0.717) is 18.8 Å². The lowest BCUT2D eigenvalue weighted by molar-refractivity contribution is -0.127. The van der Waals surface area contributed by atoms with Gasteiger partial charge < -0.3 is 10.3 Å². The van der Waals surface area contributed by atoms with Gasteiger partial charge >= 0.3 is 6.03 Å². The number of hydrogen-bond donors (Lipinski definition) is 2. The maximum atomic E-state index is 12.7. The number of rotatable bonds is 6. The number of carbonyl (C=O) groups is 2. The summed E-state index contributed by atoms with van der Waals surface area (Å²) in [4.78, 5) is 29.4. The van der Waals surface area contributed by atoms with E-state index in [1.807, 2.05) is 37.4 Å². The number of tetrazole rings is 1. The summed E-state index contributed by atoms with van der Waals surface area (Å²) in [7, 11) is 0. The average molecular weight is 353 g/mol. The second kappa shape index (κ2) is 6.58. The van der Waals surface area contributed by atoms with Gasteiger partial charge in [-0.05, 0) is 28.5 Å². The monoisotopic (exact) mass is 353 g/mol. The topological polar surface area (TPSA) is 109 Å². The molecule has 134 valence electrons. The number of nitrogens with one attached hydrogen (secondary N) is 2. The number of carbonyl (C=O) groups excluding carboxylic acids is 2. The third kappa shape index (κ3) is 2.81. The largest absolute Gasteiger partial charge is 0.361 e. The van der Waals surface area contributed by atoms with E-state index in [9.17, 15) is 9.59 Å². The van der Waals surface area contributed by atoms with Crippen LogP contribution in [0.2, 0.25) is 0 Å². The van der Waals surface area contributed by atoms with E-state index in [2.05, 4.69) is 25.8 Å². The Balaban J connectivity index is 1.51. The van der Waals surface area contributed by atoms with Gasteiger partial charge in [0.1, 0.15) is 6.04 Å². The quantitative estimate of drug-likeness (QED) is 0.648. The van der Waals surface area contributed by atoms with Gasteiger partial charge in [-0.2, -0.15) is 0 Å². The van der Waals surface area contributed by atoms with E-state index in [1.54, 1.807) is 4.68 Å². The van der Waals surface area contributed by atoms with Gasteiger partial charge in [0.2, 0.25) is 0 Å². The first-order valence-corrected chi connectivity index (χ1v) is 8.59. The van der Waals surface area contributed by atoms with Crippen LogP contribution in [0.1, 0.15) is 24.7 Å². The summed E-state index contributed by atoms with van der Waals surface area (Å²) in [6.45, 7) is 2.73. The minimum Gasteiger partial charge on any atom is -0.361 e. The standard InChI is InChI=1S/C17H19N7O2/c1-2-7-24-15(20-21-22-24)10-23-16(25)14(19-17(23)26)8-11-9-18-13-6-4-3-5-12(11)13/h3-6,9,14,18H,2,7-8,10H2,1H3,(H,19,26)/t14-/m1/s1. The van der Waals surface area contributed by atoms with Crippen molar-refractivity contribution < 1.29 is 9.59 Å². The number of amides is 3. The molecule has 2 N–H and O–H groups in total. The number of nitrogens with zero attached hydrogens (tertiary/aromatic N) is 5. The second-order valence-corrected chi connectivity index (χ2v) is 6.31. The molecule has 3 aromatic rings. The van der Waals surface area contributed by atoms with Crippen LogP contribution in [0, 0.1) is 0 Å². The van der Waals surface area contributed by atoms with E-state index >= 15 is 0 Å². The molecule has 9 heteroatoms. The van der Waals surface area contributed by atoms with Crippen molar-refractivity contribution in [1.29, 1.82) is 0 Å². The summed E-state index contributed by atoms with van der Waals surface area (Å²) in [6, 6.07) is 6.89. The molecular formula is C17H19N7O2. The van der Waals surface area contributed by atoms with Crippen LogP contribution in [-0.4, -0.2) is 48.1 Å². The van der Waals surface area contributed by atoms with E-state index in [-0.39, 0.29) is 12.5 Å². The van der Waals surface area contributed by atoms with Crippen molar-refractivity contribution >= 4 is 22.8 Å². The molecule has 0 saturated carbocycles. The molecule has 0 unspecified atom stereocenters. The van der Waals surface area contributed by atoms with Gasteiger partial charge in [0.15, 0.2) is 5.82 Å². The fourth-order valence-electron chi connectivity index (χ4n) is 3.25. The molecule has 1 fully saturated rings. The fraction of sp³-hybridized carbons (Fsp3) is 0.353. The van der Waals surface area contributed by atoms with Crippen molar-refractivity contribution in [2.75, 3.05) is 0 Å². The maximum absolute atomic E-state index is 12.7. The van der Waals surface area contributed by atoms with Crippen molar-refractivity contribution in [2.24, 2.45) is 0 Å². The summed E-state index contributed by atoms with van der Waals surface area (Å²) < 4.78 is 1.62. The second-order valence-electron chi connectivity index (χ2n) is 6.31. The zero-order valence-corrected chi connectivity index (χ0v) is 14.3. The maximum Gasteiger partial charge on any atom is 0.325 e. The summed E-state index contributed by atoms with van der Waals surface area (Å²) in [6.07, 6.45) is 3.18. The minimum absolute atomic E-state index is 0.0715. The lowest BCUT2D eigenvalue weighted by Crippen LogP contribution is -2.33. The zero-order valence-electron chi connectivity index (χ0n) is 14.3. The molecule has 4 rings (SSSR count). The molecule has 3 heterocycles. The molecule has 1 aliphatic heterocycles. The van der Waals surface area contributed by atoms with Gasteiger partial charge in [0.25, 0.3) is 5.91 Å². The highest BCUT2D eigenvalue weighted by Gasteiger charge is 2.39. The Labute approximate surface area is 149 Å². The van der Waals surface area contributed by atoms with Crippen LogP contribution in [0.4, 0.5) is 4.79 Å². The number of aryl methyl sites for hydroxylation is 1. The first kappa shape index (κ1) is 16.2. The smallest absolute Gasteiger partial charge is 0.325 e. The number of urea groups is 1. The third-order valence-corrected chi connectivity index (χ3v) is 4.55. The Morgan fingerprint density at radius 2 is 2.08 bits per heavy atom. The van der Waals surface area contributed by atoms with Crippen LogP contribution in [0.15, 0.2) is 30.5 Å². The summed E-state index contributed by atoms with van der Waals surface area (Å²) in [5.41, 5.74) is 2.01. The Morgan fingerprint density at radius 1 is 1.23 bits per heavy atom.